The minimum Gasteiger partial charge on any atom is -0.392 e. The minimum absolute atomic E-state index is 0.0555. The lowest BCUT2D eigenvalue weighted by Gasteiger charge is -2.29. The highest BCUT2D eigenvalue weighted by atomic mass is 16.5. The summed E-state index contributed by atoms with van der Waals surface area (Å²) in [7, 11) is 0. The second kappa shape index (κ2) is 8.60. The molecule has 1 saturated carbocycles. The van der Waals surface area contributed by atoms with Gasteiger partial charge in [0.05, 0.1) is 18.8 Å². The van der Waals surface area contributed by atoms with Crippen LogP contribution in [-0.2, 0) is 9.53 Å². The van der Waals surface area contributed by atoms with Crippen molar-refractivity contribution in [2.45, 2.75) is 57.2 Å². The van der Waals surface area contributed by atoms with E-state index in [0.29, 0.717) is 25.7 Å². The number of nitrogens with one attached hydrogen (secondary N) is 1. The molecule has 0 spiro atoms. The Morgan fingerprint density at radius 3 is 2.80 bits per heavy atom. The molecular weight excluding hydrogens is 256 g/mol. The number of ether oxygens (including phenoxy) is 1. The van der Waals surface area contributed by atoms with Crippen molar-refractivity contribution in [1.29, 1.82) is 0 Å². The molecule has 0 radical (unpaired) electrons. The van der Waals surface area contributed by atoms with Crippen LogP contribution in [0, 0.1) is 0 Å². The van der Waals surface area contributed by atoms with Crippen molar-refractivity contribution in [2.24, 2.45) is 0 Å². The van der Waals surface area contributed by atoms with Gasteiger partial charge < -0.3 is 15.2 Å². The Morgan fingerprint density at radius 1 is 1.25 bits per heavy atom. The maximum atomic E-state index is 11.8. The van der Waals surface area contributed by atoms with Crippen molar-refractivity contribution >= 4 is 5.91 Å². The van der Waals surface area contributed by atoms with E-state index in [1.807, 2.05) is 4.90 Å². The van der Waals surface area contributed by atoms with Crippen LogP contribution in [0.15, 0.2) is 0 Å². The number of rotatable bonds is 7. The van der Waals surface area contributed by atoms with Crippen LogP contribution < -0.4 is 5.32 Å². The molecule has 1 saturated heterocycles. The van der Waals surface area contributed by atoms with E-state index in [-0.39, 0.29) is 12.0 Å². The Bertz CT molecular complexity index is 293. The van der Waals surface area contributed by atoms with E-state index >= 15 is 0 Å². The largest absolute Gasteiger partial charge is 0.392 e. The molecule has 0 bridgehead atoms. The number of hydrogen-bond acceptors (Lipinski definition) is 4. The van der Waals surface area contributed by atoms with Crippen molar-refractivity contribution < 1.29 is 14.6 Å². The van der Waals surface area contributed by atoms with Gasteiger partial charge in [0.1, 0.15) is 0 Å². The summed E-state index contributed by atoms with van der Waals surface area (Å²) >= 11 is 0. The van der Waals surface area contributed by atoms with Gasteiger partial charge in [-0.05, 0) is 38.6 Å². The van der Waals surface area contributed by atoms with Gasteiger partial charge in [-0.2, -0.15) is 0 Å². The van der Waals surface area contributed by atoms with E-state index < -0.39 is 0 Å². The average Bonchev–Trinajstić information content (AvgIpc) is 2.91. The lowest BCUT2D eigenvalue weighted by atomic mass is 10.1. The number of aliphatic hydroxyl groups excluding tert-OH is 1. The number of carbonyl (C=O) groups excluding carboxylic acids is 1. The van der Waals surface area contributed by atoms with Gasteiger partial charge in [-0.15, -0.1) is 0 Å². The number of piperidine rings is 1. The standard InChI is InChI=1S/C15H28N2O3/c18-13-5-3-9-17(11-13)12-15(19)16-8-4-10-20-14-6-1-2-7-14/h13-14,18H,1-12H2,(H,16,19)/t13-/m0/s1. The first-order valence-electron chi connectivity index (χ1n) is 8.03. The van der Waals surface area contributed by atoms with E-state index in [1.54, 1.807) is 0 Å². The van der Waals surface area contributed by atoms with Crippen molar-refractivity contribution in [3.63, 3.8) is 0 Å². The molecule has 1 aliphatic heterocycles. The quantitative estimate of drug-likeness (QED) is 0.682. The SMILES string of the molecule is O=C(CN1CCC[C@H](O)C1)NCCCOC1CCCC1. The summed E-state index contributed by atoms with van der Waals surface area (Å²) in [4.78, 5) is 13.8. The zero-order valence-corrected chi connectivity index (χ0v) is 12.4. The normalized spacial score (nSPS) is 24.9. The molecule has 1 aliphatic carbocycles. The number of nitrogens with zero attached hydrogens (tertiary/aromatic N) is 1. The third kappa shape index (κ3) is 5.77. The Morgan fingerprint density at radius 2 is 2.05 bits per heavy atom. The third-order valence-corrected chi connectivity index (χ3v) is 4.15. The highest BCUT2D eigenvalue weighted by molar-refractivity contribution is 5.77. The monoisotopic (exact) mass is 284 g/mol. The van der Waals surface area contributed by atoms with Gasteiger partial charge >= 0.3 is 0 Å². The molecule has 2 rings (SSSR count). The maximum absolute atomic E-state index is 11.8. The van der Waals surface area contributed by atoms with Crippen LogP contribution in [0.3, 0.4) is 0 Å². The summed E-state index contributed by atoms with van der Waals surface area (Å²) in [6.45, 7) is 3.36. The first kappa shape index (κ1) is 15.7. The summed E-state index contributed by atoms with van der Waals surface area (Å²) in [5.41, 5.74) is 0. The molecule has 2 N–H and O–H groups in total. The topological polar surface area (TPSA) is 61.8 Å². The van der Waals surface area contributed by atoms with Crippen LogP contribution in [0.4, 0.5) is 0 Å². The van der Waals surface area contributed by atoms with Gasteiger partial charge in [-0.25, -0.2) is 0 Å². The fourth-order valence-electron chi connectivity index (χ4n) is 3.04. The van der Waals surface area contributed by atoms with Crippen molar-refractivity contribution in [3.8, 4) is 0 Å². The zero-order chi connectivity index (χ0) is 14.2. The predicted octanol–water partition coefficient (Wildman–Crippen LogP) is 0.909. The molecule has 2 fully saturated rings. The van der Waals surface area contributed by atoms with Gasteiger partial charge in [0.2, 0.25) is 5.91 Å². The van der Waals surface area contributed by atoms with Gasteiger partial charge in [0.15, 0.2) is 0 Å². The summed E-state index contributed by atoms with van der Waals surface area (Å²) in [5.74, 6) is 0.0555. The smallest absolute Gasteiger partial charge is 0.234 e. The van der Waals surface area contributed by atoms with Crippen molar-refractivity contribution in [3.05, 3.63) is 0 Å². The summed E-state index contributed by atoms with van der Waals surface area (Å²) in [5, 5.41) is 12.5. The Labute approximate surface area is 121 Å². The van der Waals surface area contributed by atoms with Gasteiger partial charge in [0, 0.05) is 19.7 Å². The molecule has 1 amide bonds. The molecule has 0 unspecified atom stereocenters. The summed E-state index contributed by atoms with van der Waals surface area (Å²) in [6, 6.07) is 0. The average molecular weight is 284 g/mol. The number of β-amino-alcohol motifs (C(OH)–C–C–N with tert-alkyl or cyclic N) is 1. The Balaban J connectivity index is 1.47. The number of likely N-dealkylation sites (tertiary alicyclic amines) is 1. The molecule has 0 aromatic carbocycles. The summed E-state index contributed by atoms with van der Waals surface area (Å²) in [6.07, 6.45) is 7.89. The fourth-order valence-corrected chi connectivity index (χ4v) is 3.04. The molecule has 5 nitrogen and oxygen atoms in total. The molecule has 0 aromatic rings. The predicted molar refractivity (Wildman–Crippen MR) is 77.5 cm³/mol. The summed E-state index contributed by atoms with van der Waals surface area (Å²) < 4.78 is 5.75. The number of carbonyl (C=O) groups is 1. The molecule has 2 aliphatic rings. The Hall–Kier alpha value is -0.650. The second-order valence-corrected chi connectivity index (χ2v) is 6.01. The fraction of sp³-hybridized carbons (Fsp3) is 0.933. The molecule has 0 aromatic heterocycles. The van der Waals surface area contributed by atoms with Gasteiger partial charge in [-0.3, -0.25) is 9.69 Å². The molecule has 5 heteroatoms. The molecule has 20 heavy (non-hydrogen) atoms. The molecule has 1 heterocycles. The third-order valence-electron chi connectivity index (χ3n) is 4.15. The zero-order valence-electron chi connectivity index (χ0n) is 12.4. The van der Waals surface area contributed by atoms with Crippen molar-refractivity contribution in [2.75, 3.05) is 32.8 Å². The van der Waals surface area contributed by atoms with E-state index in [9.17, 15) is 9.90 Å². The highest BCUT2D eigenvalue weighted by Crippen LogP contribution is 2.20. The molecular formula is C15H28N2O3. The van der Waals surface area contributed by atoms with Crippen LogP contribution in [-0.4, -0.2) is 60.9 Å². The van der Waals surface area contributed by atoms with Crippen molar-refractivity contribution in [1.82, 2.24) is 10.2 Å². The van der Waals surface area contributed by atoms with Crippen LogP contribution in [0.25, 0.3) is 0 Å². The molecule has 116 valence electrons. The molecule has 1 atom stereocenters. The number of aliphatic hydroxyl groups is 1. The highest BCUT2D eigenvalue weighted by Gasteiger charge is 2.19. The van der Waals surface area contributed by atoms with Gasteiger partial charge in [-0.1, -0.05) is 12.8 Å². The maximum Gasteiger partial charge on any atom is 0.234 e. The lowest BCUT2D eigenvalue weighted by molar-refractivity contribution is -0.123. The van der Waals surface area contributed by atoms with Crippen LogP contribution in [0.1, 0.15) is 44.9 Å². The van der Waals surface area contributed by atoms with Crippen LogP contribution in [0.2, 0.25) is 0 Å². The van der Waals surface area contributed by atoms with Crippen LogP contribution >= 0.6 is 0 Å². The lowest BCUT2D eigenvalue weighted by Crippen LogP contribution is -2.44. The number of amides is 1. The number of hydrogen-bond donors (Lipinski definition) is 2. The van der Waals surface area contributed by atoms with Gasteiger partial charge in [0.25, 0.3) is 0 Å². The van der Waals surface area contributed by atoms with E-state index in [0.717, 1.165) is 32.4 Å². The first-order valence-corrected chi connectivity index (χ1v) is 8.03. The van der Waals surface area contributed by atoms with E-state index in [4.69, 9.17) is 4.74 Å². The minimum atomic E-state index is -0.267. The first-order chi connectivity index (χ1) is 9.74. The van der Waals surface area contributed by atoms with Crippen LogP contribution in [0.5, 0.6) is 0 Å². The second-order valence-electron chi connectivity index (χ2n) is 6.01. The van der Waals surface area contributed by atoms with E-state index in [1.165, 1.54) is 25.7 Å². The van der Waals surface area contributed by atoms with E-state index in [2.05, 4.69) is 5.32 Å². The Kier molecular flexibility index (Phi) is 6.76.